The van der Waals surface area contributed by atoms with Gasteiger partial charge in [0.05, 0.1) is 5.97 Å². The van der Waals surface area contributed by atoms with E-state index in [4.69, 9.17) is 0 Å². The third kappa shape index (κ3) is 4.09. The predicted molar refractivity (Wildman–Crippen MR) is 75.1 cm³/mol. The zero-order chi connectivity index (χ0) is 13.7. The lowest BCUT2D eigenvalue weighted by molar-refractivity contribution is -0.297. The molecule has 0 aromatic heterocycles. The predicted octanol–water partition coefficient (Wildman–Crippen LogP) is 2.81. The van der Waals surface area contributed by atoms with Crippen molar-refractivity contribution in [2.24, 2.45) is 11.3 Å². The Kier molecular flexibility index (Phi) is 4.20. The molecular weight excluding hydrogens is 236 g/mol. The van der Waals surface area contributed by atoms with E-state index >= 15 is 0 Å². The number of aliphatic carboxylic acids is 1. The summed E-state index contributed by atoms with van der Waals surface area (Å²) in [6, 6.07) is 9.19. The summed E-state index contributed by atoms with van der Waals surface area (Å²) in [6.45, 7) is 2.37. The van der Waals surface area contributed by atoms with Gasteiger partial charge in [0.25, 0.3) is 0 Å². The number of carboxylic acid groups (broad SMARTS) is 1. The molecule has 19 heavy (non-hydrogen) atoms. The first kappa shape index (κ1) is 13.6. The van der Waals surface area contributed by atoms with Crippen LogP contribution in [0.4, 0.5) is 0 Å². The van der Waals surface area contributed by atoms with Crippen LogP contribution in [-0.2, 0) is 4.79 Å². The normalized spacial score (nSPS) is 27.3. The average molecular weight is 255 g/mol. The van der Waals surface area contributed by atoms with Gasteiger partial charge in [0.15, 0.2) is 0 Å². The number of carbonyl (C=O) groups excluding carboxylic acids is 1. The van der Waals surface area contributed by atoms with E-state index in [0.717, 1.165) is 17.6 Å². The zero-order valence-corrected chi connectivity index (χ0v) is 11.2. The van der Waals surface area contributed by atoms with E-state index in [-0.39, 0.29) is 0 Å². The maximum atomic E-state index is 9.97. The molecule has 0 amide bonds. The minimum atomic E-state index is -1.17. The van der Waals surface area contributed by atoms with Crippen LogP contribution in [0.25, 0.3) is 6.08 Å². The SMILES string of the molecule is CC12C=CC(CC1)C2.O=C([O-])C=Cc1ccccc1. The van der Waals surface area contributed by atoms with Crippen molar-refractivity contribution in [1.82, 2.24) is 0 Å². The Balaban J connectivity index is 0.000000146. The van der Waals surface area contributed by atoms with Gasteiger partial charge < -0.3 is 9.90 Å². The number of fused-ring (bicyclic) bond motifs is 2. The minimum absolute atomic E-state index is 0.630. The lowest BCUT2D eigenvalue weighted by atomic mass is 9.91. The molecule has 2 bridgehead atoms. The molecule has 0 aliphatic heterocycles. The fraction of sp³-hybridized carbons (Fsp3) is 0.353. The molecule has 2 unspecified atom stereocenters. The van der Waals surface area contributed by atoms with E-state index < -0.39 is 5.97 Å². The van der Waals surface area contributed by atoms with Crippen LogP contribution in [0.2, 0.25) is 0 Å². The fourth-order valence-electron chi connectivity index (χ4n) is 2.73. The van der Waals surface area contributed by atoms with Gasteiger partial charge in [-0.3, -0.25) is 0 Å². The summed E-state index contributed by atoms with van der Waals surface area (Å²) in [5.41, 5.74) is 1.49. The van der Waals surface area contributed by atoms with Crippen molar-refractivity contribution >= 4 is 12.0 Å². The molecule has 0 spiro atoms. The first-order chi connectivity index (χ1) is 9.07. The van der Waals surface area contributed by atoms with Gasteiger partial charge >= 0.3 is 0 Å². The molecule has 1 aromatic carbocycles. The monoisotopic (exact) mass is 255 g/mol. The van der Waals surface area contributed by atoms with Crippen molar-refractivity contribution in [2.75, 3.05) is 0 Å². The van der Waals surface area contributed by atoms with Crippen LogP contribution >= 0.6 is 0 Å². The van der Waals surface area contributed by atoms with Gasteiger partial charge in [-0.2, -0.15) is 0 Å². The van der Waals surface area contributed by atoms with Crippen LogP contribution in [-0.4, -0.2) is 5.97 Å². The fourth-order valence-corrected chi connectivity index (χ4v) is 2.73. The van der Waals surface area contributed by atoms with Gasteiger partial charge in [-0.05, 0) is 42.2 Å². The number of allylic oxidation sites excluding steroid dienone is 2. The van der Waals surface area contributed by atoms with Gasteiger partial charge in [0, 0.05) is 0 Å². The maximum absolute atomic E-state index is 9.97. The quantitative estimate of drug-likeness (QED) is 0.602. The van der Waals surface area contributed by atoms with Gasteiger partial charge in [-0.15, -0.1) is 0 Å². The highest BCUT2D eigenvalue weighted by Crippen LogP contribution is 2.48. The molecule has 0 saturated heterocycles. The van der Waals surface area contributed by atoms with Gasteiger partial charge in [0.1, 0.15) is 0 Å². The van der Waals surface area contributed by atoms with Crippen molar-refractivity contribution in [1.29, 1.82) is 0 Å². The van der Waals surface area contributed by atoms with Crippen LogP contribution in [0.5, 0.6) is 0 Å². The molecule has 2 heteroatoms. The molecule has 2 aliphatic rings. The first-order valence-electron chi connectivity index (χ1n) is 6.71. The Morgan fingerprint density at radius 3 is 2.47 bits per heavy atom. The topological polar surface area (TPSA) is 40.1 Å². The maximum Gasteiger partial charge on any atom is 0.0643 e. The summed E-state index contributed by atoms with van der Waals surface area (Å²) >= 11 is 0. The van der Waals surface area contributed by atoms with Crippen LogP contribution in [0, 0.1) is 11.3 Å². The van der Waals surface area contributed by atoms with E-state index in [9.17, 15) is 9.90 Å². The van der Waals surface area contributed by atoms with Crippen molar-refractivity contribution in [2.45, 2.75) is 26.2 Å². The summed E-state index contributed by atoms with van der Waals surface area (Å²) in [5.74, 6) is -0.214. The van der Waals surface area contributed by atoms with E-state index in [0.29, 0.717) is 5.41 Å². The van der Waals surface area contributed by atoms with E-state index in [1.54, 1.807) is 0 Å². The molecule has 1 aromatic rings. The van der Waals surface area contributed by atoms with Gasteiger partial charge in [-0.1, -0.05) is 55.5 Å². The molecule has 2 atom stereocenters. The van der Waals surface area contributed by atoms with Crippen molar-refractivity contribution < 1.29 is 9.90 Å². The molecule has 3 rings (SSSR count). The summed E-state index contributed by atoms with van der Waals surface area (Å²) in [4.78, 5) is 9.97. The second-order valence-corrected chi connectivity index (χ2v) is 5.58. The number of rotatable bonds is 2. The Labute approximate surface area is 114 Å². The highest BCUT2D eigenvalue weighted by atomic mass is 16.4. The molecule has 1 fully saturated rings. The van der Waals surface area contributed by atoms with E-state index in [2.05, 4.69) is 19.1 Å². The van der Waals surface area contributed by atoms with Crippen LogP contribution < -0.4 is 5.11 Å². The number of carbonyl (C=O) groups is 1. The summed E-state index contributed by atoms with van der Waals surface area (Å²) in [6.07, 6.45) is 11.6. The number of carboxylic acids is 1. The molecule has 0 N–H and O–H groups in total. The highest BCUT2D eigenvalue weighted by Gasteiger charge is 2.36. The second-order valence-electron chi connectivity index (χ2n) is 5.58. The molecule has 1 saturated carbocycles. The van der Waals surface area contributed by atoms with Crippen molar-refractivity contribution in [3.63, 3.8) is 0 Å². The summed E-state index contributed by atoms with van der Waals surface area (Å²) in [7, 11) is 0. The third-order valence-electron chi connectivity index (χ3n) is 3.80. The Morgan fingerprint density at radius 1 is 1.37 bits per heavy atom. The average Bonchev–Trinajstić information content (AvgIpc) is 2.96. The van der Waals surface area contributed by atoms with Crippen molar-refractivity contribution in [3.05, 3.63) is 54.1 Å². The molecule has 2 nitrogen and oxygen atoms in total. The Morgan fingerprint density at radius 2 is 2.11 bits per heavy atom. The molecule has 0 heterocycles. The number of hydrogen-bond donors (Lipinski definition) is 0. The van der Waals surface area contributed by atoms with Crippen molar-refractivity contribution in [3.8, 4) is 0 Å². The minimum Gasteiger partial charge on any atom is -0.545 e. The summed E-state index contributed by atoms with van der Waals surface area (Å²) < 4.78 is 0. The van der Waals surface area contributed by atoms with Crippen LogP contribution in [0.3, 0.4) is 0 Å². The van der Waals surface area contributed by atoms with Gasteiger partial charge in [-0.25, -0.2) is 0 Å². The number of hydrogen-bond acceptors (Lipinski definition) is 2. The van der Waals surface area contributed by atoms with Crippen LogP contribution in [0.15, 0.2) is 48.6 Å². The Bertz CT molecular complexity index is 487. The zero-order valence-electron chi connectivity index (χ0n) is 11.2. The molecular formula is C17H19O2-. The first-order valence-corrected chi connectivity index (χ1v) is 6.71. The third-order valence-corrected chi connectivity index (χ3v) is 3.80. The van der Waals surface area contributed by atoms with E-state index in [1.165, 1.54) is 25.3 Å². The van der Waals surface area contributed by atoms with E-state index in [1.807, 2.05) is 30.3 Å². The lowest BCUT2D eigenvalue weighted by Crippen LogP contribution is -2.18. The molecule has 2 aliphatic carbocycles. The highest BCUT2D eigenvalue weighted by molar-refractivity contribution is 5.83. The number of benzene rings is 1. The van der Waals surface area contributed by atoms with Crippen LogP contribution in [0.1, 0.15) is 31.7 Å². The lowest BCUT2D eigenvalue weighted by Gasteiger charge is -2.14. The summed E-state index contributed by atoms with van der Waals surface area (Å²) in [5, 5.41) is 9.97. The second kappa shape index (κ2) is 5.87. The largest absolute Gasteiger partial charge is 0.545 e. The van der Waals surface area contributed by atoms with Gasteiger partial charge in [0.2, 0.25) is 0 Å². The standard InChI is InChI=1S/C9H8O2.C8H12/c10-9(11)7-6-8-4-2-1-3-5-8;1-8-4-2-7(6-8)3-5-8/h1-7H,(H,10,11);2,4,7H,3,5-6H2,1H3/p-1. The Hall–Kier alpha value is -1.83. The smallest absolute Gasteiger partial charge is 0.0643 e. The molecule has 100 valence electrons. The molecule has 0 radical (unpaired) electrons.